The van der Waals surface area contributed by atoms with Gasteiger partial charge in [-0.1, -0.05) is 185 Å². The van der Waals surface area contributed by atoms with Crippen molar-refractivity contribution in [3.8, 4) is 28.7 Å². The van der Waals surface area contributed by atoms with Crippen molar-refractivity contribution in [2.24, 2.45) is 15.5 Å². The van der Waals surface area contributed by atoms with Crippen molar-refractivity contribution in [2.75, 3.05) is 54.7 Å². The molecule has 0 aliphatic heterocycles. The van der Waals surface area contributed by atoms with Crippen LogP contribution >= 0.6 is 0 Å². The van der Waals surface area contributed by atoms with Gasteiger partial charge in [-0.25, -0.2) is 11.4 Å². The molecule has 0 amide bonds. The molecule has 3 N–H and O–H groups in total. The van der Waals surface area contributed by atoms with E-state index in [4.69, 9.17) is 60.1 Å². The molecule has 0 heterocycles. The second-order valence-electron chi connectivity index (χ2n) is 22.0. The number of aliphatic carboxylic acids is 3. The van der Waals surface area contributed by atoms with Gasteiger partial charge in [0, 0.05) is 41.6 Å². The second-order valence-corrected chi connectivity index (χ2v) is 22.0. The lowest BCUT2D eigenvalue weighted by Crippen LogP contribution is -2.18. The average Bonchev–Trinajstić information content (AvgIpc) is 1.06. The smallest absolute Gasteiger partial charge is 0.388 e. The number of hydrogen-bond donors (Lipinski definition) is 3. The van der Waals surface area contributed by atoms with E-state index in [1.807, 2.05) is 225 Å². The molecule has 0 spiro atoms. The number of carboxylic acids is 3. The van der Waals surface area contributed by atoms with E-state index in [0.29, 0.717) is 68.8 Å². The fourth-order valence-corrected chi connectivity index (χ4v) is 9.17. The summed E-state index contributed by atoms with van der Waals surface area (Å²) in [6.07, 6.45) is 1.43. The van der Waals surface area contributed by atoms with Gasteiger partial charge in [0.2, 0.25) is 0 Å². The molecule has 0 fully saturated rings. The van der Waals surface area contributed by atoms with Crippen LogP contribution in [0.3, 0.4) is 0 Å². The van der Waals surface area contributed by atoms with Gasteiger partial charge in [-0.3, -0.25) is 9.59 Å². The molecule has 0 bridgehead atoms. The van der Waals surface area contributed by atoms with Crippen LogP contribution in [0.1, 0.15) is 68.5 Å². The number of ether oxygens (including phenoxy) is 5. The fraction of sp³-hybridized carbons (Fsp3) is 0.218. The summed E-state index contributed by atoms with van der Waals surface area (Å²) in [4.78, 5) is 53.1. The molecule has 19 nitrogen and oxygen atoms in total. The first kappa shape index (κ1) is 72.7. The summed E-state index contributed by atoms with van der Waals surface area (Å²) in [6, 6.07) is 73.8. The van der Waals surface area contributed by atoms with Gasteiger partial charge in [0.1, 0.15) is 99.7 Å². The Morgan fingerprint density at radius 3 is 1.28 bits per heavy atom. The molecule has 97 heavy (non-hydrogen) atoms. The van der Waals surface area contributed by atoms with Crippen LogP contribution in [-0.2, 0) is 68.0 Å². The Kier molecular flexibility index (Phi) is 30.3. The zero-order valence-corrected chi connectivity index (χ0v) is 54.6. The Balaban J connectivity index is 0.000000205. The summed E-state index contributed by atoms with van der Waals surface area (Å²) in [5, 5.41) is 39.1. The van der Waals surface area contributed by atoms with Crippen LogP contribution in [0.15, 0.2) is 252 Å². The Labute approximate surface area is 565 Å². The number of aryl methyl sites for hydroxylation is 2. The lowest BCUT2D eigenvalue weighted by Gasteiger charge is -2.12. The van der Waals surface area contributed by atoms with Gasteiger partial charge in [0.25, 0.3) is 0 Å². The highest BCUT2D eigenvalue weighted by Gasteiger charge is 2.22. The Hall–Kier alpha value is -11.8. The minimum atomic E-state index is -1.11. The largest absolute Gasteiger partial charge is 0.489 e. The first-order valence-corrected chi connectivity index (χ1v) is 31.2. The number of carboxylic acid groups (broad SMARTS) is 3. The zero-order chi connectivity index (χ0) is 68.8. The van der Waals surface area contributed by atoms with Crippen molar-refractivity contribution in [1.82, 2.24) is 4.90 Å². The molecule has 0 saturated heterocycles. The molecular formula is C78H79N5O14. The molecular weight excluding hydrogens is 1230 g/mol. The third kappa shape index (κ3) is 26.6. The maximum Gasteiger partial charge on any atom is 0.388 e. The minimum absolute atomic E-state index is 0.122. The third-order valence-corrected chi connectivity index (χ3v) is 14.3. The molecule has 9 rings (SSSR count). The number of likely N-dealkylation sites (N-methyl/N-ethyl adjacent to an activating group) is 1. The average molecular weight is 1310 g/mol. The maximum atomic E-state index is 11.0. The predicted octanol–water partition coefficient (Wildman–Crippen LogP) is 13.9. The maximum absolute atomic E-state index is 11.0. The number of carbonyl (C=O) groups is 3. The van der Waals surface area contributed by atoms with Crippen molar-refractivity contribution in [3.05, 3.63) is 304 Å². The summed E-state index contributed by atoms with van der Waals surface area (Å²) in [5.41, 5.74) is 11.7. The lowest BCUT2D eigenvalue weighted by molar-refractivity contribution is -0.138. The van der Waals surface area contributed by atoms with Crippen LogP contribution in [0.25, 0.3) is 4.85 Å². The van der Waals surface area contributed by atoms with Gasteiger partial charge >= 0.3 is 23.9 Å². The zero-order valence-electron chi connectivity index (χ0n) is 54.6. The van der Waals surface area contributed by atoms with E-state index in [1.165, 1.54) is 14.2 Å². The molecule has 0 radical (unpaired) electrons. The lowest BCUT2D eigenvalue weighted by atomic mass is 10.0. The van der Waals surface area contributed by atoms with Crippen LogP contribution in [0.4, 0.5) is 0 Å². The molecule has 0 aliphatic rings. The summed E-state index contributed by atoms with van der Waals surface area (Å²) < 4.78 is 29.4. The molecule has 500 valence electrons. The second kappa shape index (κ2) is 40.4. The Morgan fingerprint density at radius 1 is 0.433 bits per heavy atom. The number of oxime groups is 3. The normalized spacial score (nSPS) is 11.4. The van der Waals surface area contributed by atoms with Crippen molar-refractivity contribution in [3.63, 3.8) is 0 Å². The molecule has 0 aliphatic carbocycles. The minimum Gasteiger partial charge on any atom is -0.489 e. The summed E-state index contributed by atoms with van der Waals surface area (Å²) >= 11 is 0. The first-order chi connectivity index (χ1) is 47.2. The molecule has 0 saturated carbocycles. The van der Waals surface area contributed by atoms with Gasteiger partial charge in [0.15, 0.2) is 0 Å². The predicted molar refractivity (Wildman–Crippen MR) is 373 cm³/mol. The SMILES string of the molecule is CN(C)CCO/N=C(/c1ccccc1)c1cccc(COc2ccc(CCC(=O)O)cc2)c1.CO/N=C(\COc1ccc(COc2ccc(CCC(=O)O)cc2)cc1)c1ccccc1.[C-]#[N+]C(Cc1ccc(OCc2cccc(OC/C(=N\OC)c3ccccc3)c2)cc1)C(=O)O. The van der Waals surface area contributed by atoms with E-state index < -0.39 is 23.9 Å². The van der Waals surface area contributed by atoms with Crippen LogP contribution in [0, 0.1) is 6.57 Å². The molecule has 9 aromatic rings. The van der Waals surface area contributed by atoms with E-state index in [1.54, 1.807) is 24.3 Å². The van der Waals surface area contributed by atoms with Crippen molar-refractivity contribution in [2.45, 2.75) is 58.0 Å². The quantitative estimate of drug-likeness (QED) is 0.0147. The van der Waals surface area contributed by atoms with Gasteiger partial charge in [-0.2, -0.15) is 0 Å². The van der Waals surface area contributed by atoms with Crippen LogP contribution in [0.2, 0.25) is 0 Å². The standard InChI is InChI=1S/C27H30N2O4.C26H24N2O5.C25H25NO5/c1-29(2)17-18-33-28-27(23-8-4-3-5-9-23)24-10-6-7-22(19-24)20-32-25-14-11-21(12-15-25)13-16-26(30)31;1-27-24(26(29)30)16-19-11-13-22(14-12-19)32-17-20-7-6-10-23(15-20)33-18-25(28-31-2)21-8-4-3-5-9-21;1-29-26-24(21-5-3-2-4-6-21)18-31-23-14-9-20(10-15-23)17-30-22-12-7-19(8-13-22)11-16-25(27)28/h3-12,14-15,19H,13,16-18,20H2,1-2H3,(H,30,31);3-15,24H,16-18H2,2H3,(H,29,30);2-10,12-15H,11,16-18H2,1H3,(H,27,28)/b28-27-;28-25+;26-24+. The number of benzene rings is 9. The highest BCUT2D eigenvalue weighted by molar-refractivity contribution is 6.12. The van der Waals surface area contributed by atoms with Crippen LogP contribution in [-0.4, -0.2) is 116 Å². The molecule has 9 aromatic carbocycles. The summed E-state index contributed by atoms with van der Waals surface area (Å²) in [7, 11) is 7.01. The van der Waals surface area contributed by atoms with E-state index in [9.17, 15) is 14.4 Å². The highest BCUT2D eigenvalue weighted by atomic mass is 16.6. The van der Waals surface area contributed by atoms with Crippen molar-refractivity contribution >= 4 is 35.0 Å². The summed E-state index contributed by atoms with van der Waals surface area (Å²) in [6.45, 7) is 9.99. The van der Waals surface area contributed by atoms with Gasteiger partial charge < -0.3 is 63.3 Å². The van der Waals surface area contributed by atoms with Gasteiger partial charge in [0.05, 0.1) is 6.42 Å². The Bertz CT molecular complexity index is 3980. The molecule has 1 atom stereocenters. The fourth-order valence-electron chi connectivity index (χ4n) is 9.17. The van der Waals surface area contributed by atoms with Gasteiger partial charge in [-0.15, -0.1) is 0 Å². The van der Waals surface area contributed by atoms with Gasteiger partial charge in [-0.05, 0) is 127 Å². The van der Waals surface area contributed by atoms with Crippen LogP contribution < -0.4 is 23.7 Å². The third-order valence-electron chi connectivity index (χ3n) is 14.3. The summed E-state index contributed by atoms with van der Waals surface area (Å²) in [5.74, 6) is 0.837. The van der Waals surface area contributed by atoms with E-state index in [-0.39, 0.29) is 25.9 Å². The molecule has 0 aromatic heterocycles. The van der Waals surface area contributed by atoms with E-state index in [2.05, 4.69) is 26.4 Å². The van der Waals surface area contributed by atoms with Crippen molar-refractivity contribution in [1.29, 1.82) is 0 Å². The Morgan fingerprint density at radius 2 is 0.835 bits per heavy atom. The number of nitrogens with zero attached hydrogens (tertiary/aromatic N) is 5. The molecule has 1 unspecified atom stereocenters. The molecule has 19 heteroatoms. The number of rotatable bonds is 34. The van der Waals surface area contributed by atoms with Crippen molar-refractivity contribution < 1.29 is 67.9 Å². The van der Waals surface area contributed by atoms with Crippen LogP contribution in [0.5, 0.6) is 28.7 Å². The van der Waals surface area contributed by atoms with E-state index >= 15 is 0 Å². The monoisotopic (exact) mass is 1310 g/mol. The highest BCUT2D eigenvalue weighted by Crippen LogP contribution is 2.23. The first-order valence-electron chi connectivity index (χ1n) is 31.2. The number of hydrogen-bond acceptors (Lipinski definition) is 15. The topological polar surface area (TPSA) is 230 Å². The van der Waals surface area contributed by atoms with E-state index in [0.717, 1.165) is 85.1 Å².